The molecule has 0 aromatic heterocycles. The monoisotopic (exact) mass is 298 g/mol. The molecule has 6 heteroatoms. The van der Waals surface area contributed by atoms with Crippen molar-refractivity contribution >= 4 is 10.0 Å². The summed E-state index contributed by atoms with van der Waals surface area (Å²) in [5.74, 6) is 0. The summed E-state index contributed by atoms with van der Waals surface area (Å²) < 4.78 is 26.1. The van der Waals surface area contributed by atoms with Gasteiger partial charge in [0.15, 0.2) is 0 Å². The van der Waals surface area contributed by atoms with Crippen molar-refractivity contribution in [3.63, 3.8) is 0 Å². The molecule has 1 heterocycles. The summed E-state index contributed by atoms with van der Waals surface area (Å²) in [4.78, 5) is 0.292. The van der Waals surface area contributed by atoms with Gasteiger partial charge in [-0.3, -0.25) is 0 Å². The number of nitrogens with zero attached hydrogens (tertiary/aromatic N) is 1. The third-order valence-electron chi connectivity index (χ3n) is 3.40. The normalized spacial score (nSPS) is 20.7. The molecular formula is C14H22N2O3S. The van der Waals surface area contributed by atoms with Gasteiger partial charge in [0.25, 0.3) is 0 Å². The number of nitrogens with one attached hydrogen (secondary N) is 1. The molecule has 0 saturated carbocycles. The van der Waals surface area contributed by atoms with Crippen molar-refractivity contribution in [2.75, 3.05) is 13.1 Å². The highest BCUT2D eigenvalue weighted by atomic mass is 32.2. The fourth-order valence-electron chi connectivity index (χ4n) is 2.18. The first-order chi connectivity index (χ1) is 9.39. The number of rotatable bonds is 5. The number of benzene rings is 1. The standard InChI is InChI=1S/C14H22N2O3S/c1-11(2)15-9-12-3-5-14(6-4-12)20(18,19)16-8-7-13(17)10-16/h3-6,11,13,15,17H,7-10H2,1-2H3. The lowest BCUT2D eigenvalue weighted by atomic mass is 10.2. The van der Waals surface area contributed by atoms with Crippen LogP contribution < -0.4 is 5.32 Å². The molecule has 0 spiro atoms. The second kappa shape index (κ2) is 6.22. The van der Waals surface area contributed by atoms with Gasteiger partial charge in [-0.25, -0.2) is 8.42 Å². The van der Waals surface area contributed by atoms with E-state index in [9.17, 15) is 13.5 Å². The largest absolute Gasteiger partial charge is 0.392 e. The van der Waals surface area contributed by atoms with Gasteiger partial charge < -0.3 is 10.4 Å². The molecule has 2 rings (SSSR count). The van der Waals surface area contributed by atoms with E-state index in [0.29, 0.717) is 23.9 Å². The van der Waals surface area contributed by atoms with Crippen molar-refractivity contribution in [2.24, 2.45) is 0 Å². The van der Waals surface area contributed by atoms with Crippen LogP contribution >= 0.6 is 0 Å². The van der Waals surface area contributed by atoms with Gasteiger partial charge in [-0.1, -0.05) is 26.0 Å². The van der Waals surface area contributed by atoms with Gasteiger partial charge in [0.05, 0.1) is 11.0 Å². The molecule has 0 bridgehead atoms. The maximum absolute atomic E-state index is 12.4. The summed E-state index contributed by atoms with van der Waals surface area (Å²) >= 11 is 0. The van der Waals surface area contributed by atoms with E-state index in [1.54, 1.807) is 12.1 Å². The summed E-state index contributed by atoms with van der Waals surface area (Å²) in [6.07, 6.45) is -0.0328. The van der Waals surface area contributed by atoms with Crippen LogP contribution in [0.25, 0.3) is 0 Å². The van der Waals surface area contributed by atoms with E-state index in [1.165, 1.54) is 4.31 Å². The molecular weight excluding hydrogens is 276 g/mol. The van der Waals surface area contributed by atoms with E-state index in [4.69, 9.17) is 0 Å². The maximum atomic E-state index is 12.4. The molecule has 2 N–H and O–H groups in total. The Balaban J connectivity index is 2.09. The number of hydrogen-bond acceptors (Lipinski definition) is 4. The van der Waals surface area contributed by atoms with Crippen LogP contribution in [0.15, 0.2) is 29.2 Å². The molecule has 5 nitrogen and oxygen atoms in total. The SMILES string of the molecule is CC(C)NCc1ccc(S(=O)(=O)N2CCC(O)C2)cc1. The fraction of sp³-hybridized carbons (Fsp3) is 0.571. The topological polar surface area (TPSA) is 69.6 Å². The average Bonchev–Trinajstić information content (AvgIpc) is 2.84. The Kier molecular flexibility index (Phi) is 4.80. The quantitative estimate of drug-likeness (QED) is 0.849. The molecule has 1 unspecified atom stereocenters. The Bertz CT molecular complexity index is 540. The number of aliphatic hydroxyl groups excluding tert-OH is 1. The van der Waals surface area contributed by atoms with Crippen LogP contribution in [0.4, 0.5) is 0 Å². The Morgan fingerprint density at radius 2 is 2.00 bits per heavy atom. The lowest BCUT2D eigenvalue weighted by Gasteiger charge is -2.16. The zero-order chi connectivity index (χ0) is 14.8. The molecule has 112 valence electrons. The minimum absolute atomic E-state index is 0.193. The minimum atomic E-state index is -3.47. The predicted octanol–water partition coefficient (Wildman–Crippen LogP) is 0.940. The first kappa shape index (κ1) is 15.4. The van der Waals surface area contributed by atoms with Gasteiger partial charge in [-0.2, -0.15) is 4.31 Å². The van der Waals surface area contributed by atoms with Gasteiger partial charge in [0.2, 0.25) is 10.0 Å². The van der Waals surface area contributed by atoms with Crippen molar-refractivity contribution in [3.05, 3.63) is 29.8 Å². The molecule has 0 radical (unpaired) electrons. The molecule has 1 atom stereocenters. The second-order valence-electron chi connectivity index (χ2n) is 5.49. The fourth-order valence-corrected chi connectivity index (χ4v) is 3.67. The number of sulfonamides is 1. The maximum Gasteiger partial charge on any atom is 0.243 e. The van der Waals surface area contributed by atoms with E-state index in [0.717, 1.165) is 12.1 Å². The van der Waals surface area contributed by atoms with Gasteiger partial charge >= 0.3 is 0 Å². The summed E-state index contributed by atoms with van der Waals surface area (Å²) in [6.45, 7) is 5.44. The van der Waals surface area contributed by atoms with Gasteiger partial charge in [-0.05, 0) is 24.1 Å². The lowest BCUT2D eigenvalue weighted by Crippen LogP contribution is -2.29. The van der Waals surface area contributed by atoms with E-state index < -0.39 is 16.1 Å². The van der Waals surface area contributed by atoms with Crippen molar-refractivity contribution in [3.8, 4) is 0 Å². The third kappa shape index (κ3) is 3.58. The number of hydrogen-bond donors (Lipinski definition) is 2. The van der Waals surface area contributed by atoms with Crippen LogP contribution in [0.3, 0.4) is 0 Å². The van der Waals surface area contributed by atoms with Crippen molar-refractivity contribution < 1.29 is 13.5 Å². The molecule has 20 heavy (non-hydrogen) atoms. The first-order valence-electron chi connectivity index (χ1n) is 6.90. The van der Waals surface area contributed by atoms with Crippen molar-refractivity contribution in [1.82, 2.24) is 9.62 Å². The van der Waals surface area contributed by atoms with Gasteiger partial charge in [0, 0.05) is 25.7 Å². The third-order valence-corrected chi connectivity index (χ3v) is 5.28. The first-order valence-corrected chi connectivity index (χ1v) is 8.34. The van der Waals surface area contributed by atoms with Crippen LogP contribution in [-0.4, -0.2) is 43.1 Å². The van der Waals surface area contributed by atoms with Gasteiger partial charge in [-0.15, -0.1) is 0 Å². The molecule has 1 saturated heterocycles. The highest BCUT2D eigenvalue weighted by Gasteiger charge is 2.31. The number of aliphatic hydroxyl groups is 1. The Morgan fingerprint density at radius 3 is 2.50 bits per heavy atom. The van der Waals surface area contributed by atoms with Crippen molar-refractivity contribution in [2.45, 2.75) is 43.9 Å². The Labute approximate surface area is 120 Å². The molecule has 0 aliphatic carbocycles. The van der Waals surface area contributed by atoms with E-state index >= 15 is 0 Å². The zero-order valence-electron chi connectivity index (χ0n) is 11.9. The number of β-amino-alcohol motifs (C(OH)–C–C–N with tert-alkyl or cyclic N) is 1. The molecule has 1 aromatic carbocycles. The van der Waals surface area contributed by atoms with Crippen LogP contribution in [-0.2, 0) is 16.6 Å². The molecule has 0 amide bonds. The Morgan fingerprint density at radius 1 is 1.35 bits per heavy atom. The summed E-state index contributed by atoms with van der Waals surface area (Å²) in [5, 5.41) is 12.7. The molecule has 1 aromatic rings. The lowest BCUT2D eigenvalue weighted by molar-refractivity contribution is 0.189. The molecule has 1 aliphatic heterocycles. The minimum Gasteiger partial charge on any atom is -0.392 e. The summed E-state index contributed by atoms with van der Waals surface area (Å²) in [6, 6.07) is 7.32. The highest BCUT2D eigenvalue weighted by Crippen LogP contribution is 2.21. The van der Waals surface area contributed by atoms with E-state index in [-0.39, 0.29) is 6.54 Å². The average molecular weight is 298 g/mol. The van der Waals surface area contributed by atoms with Crippen molar-refractivity contribution in [1.29, 1.82) is 0 Å². The summed E-state index contributed by atoms with van der Waals surface area (Å²) in [5.41, 5.74) is 1.05. The van der Waals surface area contributed by atoms with Crippen LogP contribution in [0.5, 0.6) is 0 Å². The second-order valence-corrected chi connectivity index (χ2v) is 7.42. The Hall–Kier alpha value is -0.950. The van der Waals surface area contributed by atoms with Gasteiger partial charge in [0.1, 0.15) is 0 Å². The van der Waals surface area contributed by atoms with Crippen LogP contribution in [0.1, 0.15) is 25.8 Å². The predicted molar refractivity (Wildman–Crippen MR) is 77.8 cm³/mol. The van der Waals surface area contributed by atoms with Crippen LogP contribution in [0, 0.1) is 0 Å². The summed E-state index contributed by atoms with van der Waals surface area (Å²) in [7, 11) is -3.47. The van der Waals surface area contributed by atoms with Crippen LogP contribution in [0.2, 0.25) is 0 Å². The molecule has 1 aliphatic rings. The van der Waals surface area contributed by atoms with E-state index in [1.807, 2.05) is 12.1 Å². The highest BCUT2D eigenvalue weighted by molar-refractivity contribution is 7.89. The smallest absolute Gasteiger partial charge is 0.243 e. The molecule has 1 fully saturated rings. The van der Waals surface area contributed by atoms with E-state index in [2.05, 4.69) is 19.2 Å². The zero-order valence-corrected chi connectivity index (χ0v) is 12.7.